The standard InChI is InChI=1S/C19H20ClN3O4S/c1-12(2)17(13-6-7-14-15(11-13)27-10-9-26-14)22-28(24,25)19-18(20)21-16-5-3-4-8-23(16)19/h3-8,11-12,17,22H,9-10H2,1-2H3. The van der Waals surface area contributed by atoms with E-state index in [0.29, 0.717) is 30.4 Å². The first-order chi connectivity index (χ1) is 13.4. The second-order valence-corrected chi connectivity index (χ2v) is 8.87. The molecule has 1 N–H and O–H groups in total. The molecule has 0 radical (unpaired) electrons. The quantitative estimate of drug-likeness (QED) is 0.682. The molecule has 3 heterocycles. The minimum Gasteiger partial charge on any atom is -0.486 e. The lowest BCUT2D eigenvalue weighted by molar-refractivity contribution is 0.171. The van der Waals surface area contributed by atoms with E-state index < -0.39 is 16.1 Å². The zero-order chi connectivity index (χ0) is 19.9. The van der Waals surface area contributed by atoms with E-state index >= 15 is 0 Å². The molecule has 0 spiro atoms. The van der Waals surface area contributed by atoms with E-state index in [1.807, 2.05) is 26.0 Å². The van der Waals surface area contributed by atoms with Crippen LogP contribution in [0.25, 0.3) is 5.65 Å². The smallest absolute Gasteiger partial charge is 0.260 e. The summed E-state index contributed by atoms with van der Waals surface area (Å²) in [5, 5.41) is -0.142. The summed E-state index contributed by atoms with van der Waals surface area (Å²) in [5.74, 6) is 1.25. The van der Waals surface area contributed by atoms with Gasteiger partial charge in [-0.05, 0) is 35.7 Å². The van der Waals surface area contributed by atoms with Crippen molar-refractivity contribution < 1.29 is 17.9 Å². The Labute approximate surface area is 168 Å². The summed E-state index contributed by atoms with van der Waals surface area (Å²) in [7, 11) is -3.94. The van der Waals surface area contributed by atoms with Crippen molar-refractivity contribution >= 4 is 27.3 Å². The average Bonchev–Trinajstić information content (AvgIpc) is 3.02. The number of ether oxygens (including phenoxy) is 2. The van der Waals surface area contributed by atoms with Crippen LogP contribution in [-0.4, -0.2) is 31.0 Å². The maximum Gasteiger partial charge on any atom is 0.260 e. The van der Waals surface area contributed by atoms with Crippen LogP contribution in [0.1, 0.15) is 25.5 Å². The molecule has 0 aliphatic carbocycles. The number of sulfonamides is 1. The number of imidazole rings is 1. The SMILES string of the molecule is CC(C)C(NS(=O)(=O)c1c(Cl)nc2ccccn12)c1ccc2c(c1)OCCO2. The van der Waals surface area contributed by atoms with Gasteiger partial charge in [-0.15, -0.1) is 0 Å². The Balaban J connectivity index is 1.72. The number of halogens is 1. The van der Waals surface area contributed by atoms with Crippen molar-refractivity contribution in [2.24, 2.45) is 5.92 Å². The zero-order valence-electron chi connectivity index (χ0n) is 15.4. The van der Waals surface area contributed by atoms with Crippen molar-refractivity contribution in [2.45, 2.75) is 24.9 Å². The highest BCUT2D eigenvalue weighted by atomic mass is 35.5. The lowest BCUT2D eigenvalue weighted by atomic mass is 9.97. The molecule has 1 aliphatic rings. The topological polar surface area (TPSA) is 81.9 Å². The third kappa shape index (κ3) is 3.43. The Morgan fingerprint density at radius 3 is 2.64 bits per heavy atom. The van der Waals surface area contributed by atoms with Crippen LogP contribution in [-0.2, 0) is 10.0 Å². The summed E-state index contributed by atoms with van der Waals surface area (Å²) in [6.45, 7) is 4.85. The molecule has 1 atom stereocenters. The summed E-state index contributed by atoms with van der Waals surface area (Å²) in [6.07, 6.45) is 1.62. The fraction of sp³-hybridized carbons (Fsp3) is 0.316. The Bertz CT molecular complexity index is 1130. The number of nitrogens with zero attached hydrogens (tertiary/aromatic N) is 2. The van der Waals surface area contributed by atoms with Crippen molar-refractivity contribution in [1.29, 1.82) is 0 Å². The van der Waals surface area contributed by atoms with Crippen LogP contribution in [0, 0.1) is 5.92 Å². The third-order valence-electron chi connectivity index (χ3n) is 4.58. The molecule has 9 heteroatoms. The molecule has 0 bridgehead atoms. The van der Waals surface area contributed by atoms with E-state index in [1.165, 1.54) is 4.40 Å². The highest BCUT2D eigenvalue weighted by Gasteiger charge is 2.30. The van der Waals surface area contributed by atoms with Crippen molar-refractivity contribution in [1.82, 2.24) is 14.1 Å². The van der Waals surface area contributed by atoms with Gasteiger partial charge in [0.25, 0.3) is 10.0 Å². The van der Waals surface area contributed by atoms with Crippen LogP contribution in [0.4, 0.5) is 0 Å². The van der Waals surface area contributed by atoms with Crippen molar-refractivity contribution in [3.05, 3.63) is 53.3 Å². The number of nitrogens with one attached hydrogen (secondary N) is 1. The van der Waals surface area contributed by atoms with Gasteiger partial charge in [-0.1, -0.05) is 37.6 Å². The maximum atomic E-state index is 13.2. The lowest BCUT2D eigenvalue weighted by Crippen LogP contribution is -2.32. The number of hydrogen-bond acceptors (Lipinski definition) is 5. The second-order valence-electron chi connectivity index (χ2n) is 6.88. The van der Waals surface area contributed by atoms with Gasteiger partial charge in [0.2, 0.25) is 0 Å². The molecular weight excluding hydrogens is 402 g/mol. The largest absolute Gasteiger partial charge is 0.486 e. The Morgan fingerprint density at radius 2 is 1.89 bits per heavy atom. The van der Waals surface area contributed by atoms with Crippen LogP contribution in [0.5, 0.6) is 11.5 Å². The fourth-order valence-electron chi connectivity index (χ4n) is 3.25. The third-order valence-corrected chi connectivity index (χ3v) is 6.41. The Morgan fingerprint density at radius 1 is 1.14 bits per heavy atom. The fourth-order valence-corrected chi connectivity index (χ4v) is 5.27. The first kappa shape index (κ1) is 19.0. The van der Waals surface area contributed by atoms with Crippen LogP contribution in [0.3, 0.4) is 0 Å². The van der Waals surface area contributed by atoms with Gasteiger partial charge < -0.3 is 9.47 Å². The molecule has 7 nitrogen and oxygen atoms in total. The molecule has 28 heavy (non-hydrogen) atoms. The van der Waals surface area contributed by atoms with E-state index in [0.717, 1.165) is 5.56 Å². The summed E-state index contributed by atoms with van der Waals surface area (Å²) in [4.78, 5) is 4.13. The van der Waals surface area contributed by atoms with Gasteiger partial charge in [0.15, 0.2) is 21.7 Å². The molecule has 0 saturated carbocycles. The number of rotatable bonds is 5. The van der Waals surface area contributed by atoms with Gasteiger partial charge in [0.05, 0.1) is 0 Å². The van der Waals surface area contributed by atoms with Gasteiger partial charge in [-0.25, -0.2) is 18.1 Å². The van der Waals surface area contributed by atoms with E-state index in [4.69, 9.17) is 21.1 Å². The van der Waals surface area contributed by atoms with Gasteiger partial charge in [0, 0.05) is 12.2 Å². The molecule has 4 rings (SSSR count). The number of pyridine rings is 1. The predicted octanol–water partition coefficient (Wildman–Crippen LogP) is 3.43. The van der Waals surface area contributed by atoms with E-state index in [1.54, 1.807) is 30.5 Å². The molecule has 148 valence electrons. The van der Waals surface area contributed by atoms with Gasteiger partial charge in [-0.2, -0.15) is 0 Å². The second kappa shape index (κ2) is 7.27. The Hall–Kier alpha value is -2.29. The highest BCUT2D eigenvalue weighted by molar-refractivity contribution is 7.89. The number of benzene rings is 1. The van der Waals surface area contributed by atoms with Gasteiger partial charge in [0.1, 0.15) is 18.9 Å². The molecule has 3 aromatic rings. The monoisotopic (exact) mass is 421 g/mol. The van der Waals surface area contributed by atoms with Crippen molar-refractivity contribution in [2.75, 3.05) is 13.2 Å². The summed E-state index contributed by atoms with van der Waals surface area (Å²) >= 11 is 6.17. The normalized spacial score (nSPS) is 15.1. The van der Waals surface area contributed by atoms with Crippen LogP contribution < -0.4 is 14.2 Å². The van der Waals surface area contributed by atoms with Crippen LogP contribution in [0.15, 0.2) is 47.6 Å². The van der Waals surface area contributed by atoms with Crippen LogP contribution in [0.2, 0.25) is 5.15 Å². The number of fused-ring (bicyclic) bond motifs is 2. The van der Waals surface area contributed by atoms with Gasteiger partial charge >= 0.3 is 0 Å². The lowest BCUT2D eigenvalue weighted by Gasteiger charge is -2.25. The molecular formula is C19H20ClN3O4S. The average molecular weight is 422 g/mol. The molecule has 1 aromatic carbocycles. The summed E-state index contributed by atoms with van der Waals surface area (Å²) in [5.41, 5.74) is 1.25. The number of aromatic nitrogens is 2. The Kier molecular flexibility index (Phi) is 4.95. The minimum absolute atomic E-state index is 0.0182. The number of hydrogen-bond donors (Lipinski definition) is 1. The molecule has 0 fully saturated rings. The first-order valence-electron chi connectivity index (χ1n) is 8.91. The molecule has 2 aromatic heterocycles. The molecule has 1 unspecified atom stereocenters. The molecule has 1 aliphatic heterocycles. The minimum atomic E-state index is -3.94. The first-order valence-corrected chi connectivity index (χ1v) is 10.8. The molecule has 0 amide bonds. The van der Waals surface area contributed by atoms with E-state index in [9.17, 15) is 8.42 Å². The maximum absolute atomic E-state index is 13.2. The predicted molar refractivity (Wildman–Crippen MR) is 106 cm³/mol. The molecule has 0 saturated heterocycles. The zero-order valence-corrected chi connectivity index (χ0v) is 17.0. The van der Waals surface area contributed by atoms with Crippen LogP contribution >= 0.6 is 11.6 Å². The van der Waals surface area contributed by atoms with E-state index in [-0.39, 0.29) is 16.1 Å². The van der Waals surface area contributed by atoms with E-state index in [2.05, 4.69) is 9.71 Å². The van der Waals surface area contributed by atoms with Crippen molar-refractivity contribution in [3.63, 3.8) is 0 Å². The van der Waals surface area contributed by atoms with Crippen molar-refractivity contribution in [3.8, 4) is 11.5 Å². The summed E-state index contributed by atoms with van der Waals surface area (Å²) in [6, 6.07) is 10.2. The summed E-state index contributed by atoms with van der Waals surface area (Å²) < 4.78 is 41.8. The van der Waals surface area contributed by atoms with Gasteiger partial charge in [-0.3, -0.25) is 4.40 Å². The highest BCUT2D eigenvalue weighted by Crippen LogP contribution is 2.35.